The van der Waals surface area contributed by atoms with Crippen molar-refractivity contribution in [3.8, 4) is 0 Å². The summed E-state index contributed by atoms with van der Waals surface area (Å²) in [5.74, 6) is 0.376. The number of hydrogen-bond donors (Lipinski definition) is 1. The van der Waals surface area contributed by atoms with Crippen LogP contribution in [0.1, 0.15) is 21.7 Å². The van der Waals surface area contributed by atoms with Crippen molar-refractivity contribution in [2.24, 2.45) is 0 Å². The van der Waals surface area contributed by atoms with Crippen LogP contribution in [0.4, 0.5) is 5.82 Å². The van der Waals surface area contributed by atoms with E-state index in [0.29, 0.717) is 11.3 Å². The topological polar surface area (TPSA) is 64.1 Å². The Morgan fingerprint density at radius 2 is 2.15 bits per heavy atom. The van der Waals surface area contributed by atoms with Gasteiger partial charge < -0.3 is 10.1 Å². The van der Waals surface area contributed by atoms with Crippen LogP contribution < -0.4 is 5.32 Å². The molecule has 0 aliphatic rings. The molecule has 0 radical (unpaired) electrons. The number of rotatable bonds is 5. The molecule has 0 unspecified atom stereocenters. The molecule has 0 amide bonds. The van der Waals surface area contributed by atoms with E-state index in [4.69, 9.17) is 0 Å². The van der Waals surface area contributed by atoms with Crippen LogP contribution in [-0.4, -0.2) is 29.6 Å². The molecule has 0 aromatic carbocycles. The zero-order chi connectivity index (χ0) is 14.4. The molecule has 2 aromatic rings. The van der Waals surface area contributed by atoms with Crippen LogP contribution in [0, 0.1) is 6.92 Å². The quantitative estimate of drug-likeness (QED) is 0.845. The largest absolute Gasteiger partial charge is 0.465 e. The number of pyridine rings is 2. The van der Waals surface area contributed by atoms with Crippen molar-refractivity contribution in [2.45, 2.75) is 13.3 Å². The van der Waals surface area contributed by atoms with E-state index >= 15 is 0 Å². The van der Waals surface area contributed by atoms with Crippen molar-refractivity contribution in [1.29, 1.82) is 0 Å². The van der Waals surface area contributed by atoms with Crippen LogP contribution >= 0.6 is 0 Å². The Bertz CT molecular complexity index is 585. The Balaban J connectivity index is 1.94. The summed E-state index contributed by atoms with van der Waals surface area (Å²) in [5, 5.41) is 3.21. The van der Waals surface area contributed by atoms with Gasteiger partial charge in [0.25, 0.3) is 0 Å². The van der Waals surface area contributed by atoms with E-state index < -0.39 is 0 Å². The number of aryl methyl sites for hydroxylation is 1. The molecule has 0 fully saturated rings. The zero-order valence-corrected chi connectivity index (χ0v) is 11.6. The number of anilines is 1. The minimum absolute atomic E-state index is 0.366. The van der Waals surface area contributed by atoms with Crippen LogP contribution in [0.2, 0.25) is 0 Å². The van der Waals surface area contributed by atoms with Gasteiger partial charge >= 0.3 is 5.97 Å². The Morgan fingerprint density at radius 1 is 1.30 bits per heavy atom. The maximum Gasteiger partial charge on any atom is 0.339 e. The molecule has 0 aliphatic carbocycles. The molecule has 2 rings (SSSR count). The first kappa shape index (κ1) is 14.0. The van der Waals surface area contributed by atoms with Gasteiger partial charge in [-0.25, -0.2) is 9.78 Å². The number of carbonyl (C=O) groups excluding carboxylic acids is 1. The van der Waals surface area contributed by atoms with Gasteiger partial charge in [-0.05, 0) is 31.2 Å². The average Bonchev–Trinajstić information content (AvgIpc) is 2.48. The van der Waals surface area contributed by atoms with E-state index in [1.165, 1.54) is 7.11 Å². The number of carbonyl (C=O) groups is 1. The maximum absolute atomic E-state index is 11.5. The van der Waals surface area contributed by atoms with Crippen LogP contribution in [0.25, 0.3) is 0 Å². The van der Waals surface area contributed by atoms with E-state index in [0.717, 1.165) is 24.5 Å². The van der Waals surface area contributed by atoms with E-state index in [2.05, 4.69) is 20.0 Å². The first-order valence-corrected chi connectivity index (χ1v) is 6.40. The average molecular weight is 271 g/mol. The molecule has 0 aliphatic heterocycles. The second-order valence-electron chi connectivity index (χ2n) is 4.32. The highest BCUT2D eigenvalue weighted by Gasteiger charge is 2.10. The minimum Gasteiger partial charge on any atom is -0.465 e. The second kappa shape index (κ2) is 6.65. The lowest BCUT2D eigenvalue weighted by molar-refractivity contribution is 0.0599. The smallest absolute Gasteiger partial charge is 0.339 e. The van der Waals surface area contributed by atoms with E-state index in [9.17, 15) is 4.79 Å². The molecule has 1 N–H and O–H groups in total. The summed E-state index contributed by atoms with van der Waals surface area (Å²) >= 11 is 0. The molecule has 2 aromatic heterocycles. The number of aromatic nitrogens is 2. The third-order valence-corrected chi connectivity index (χ3v) is 2.90. The maximum atomic E-state index is 11.5. The predicted octanol–water partition coefficient (Wildman–Crippen LogP) is 2.23. The Hall–Kier alpha value is -2.43. The van der Waals surface area contributed by atoms with Gasteiger partial charge in [0.05, 0.1) is 18.4 Å². The number of ether oxygens (including phenoxy) is 1. The molecular formula is C15H17N3O2. The summed E-state index contributed by atoms with van der Waals surface area (Å²) in [6.07, 6.45) is 2.60. The van der Waals surface area contributed by atoms with Crippen molar-refractivity contribution >= 4 is 11.8 Å². The summed E-state index contributed by atoms with van der Waals surface area (Å²) < 4.78 is 4.69. The number of esters is 1. The van der Waals surface area contributed by atoms with Crippen LogP contribution in [0.3, 0.4) is 0 Å². The summed E-state index contributed by atoms with van der Waals surface area (Å²) in [7, 11) is 1.36. The molecule has 0 bridgehead atoms. The van der Waals surface area contributed by atoms with Crippen LogP contribution in [0.15, 0.2) is 36.5 Å². The van der Waals surface area contributed by atoms with Crippen molar-refractivity contribution in [3.63, 3.8) is 0 Å². The molecule has 0 spiro atoms. The van der Waals surface area contributed by atoms with E-state index in [1.807, 2.05) is 18.2 Å². The summed E-state index contributed by atoms with van der Waals surface area (Å²) in [5.41, 5.74) is 2.17. The van der Waals surface area contributed by atoms with Crippen molar-refractivity contribution in [2.75, 3.05) is 19.0 Å². The fourth-order valence-electron chi connectivity index (χ4n) is 1.85. The molecular weight excluding hydrogens is 254 g/mol. The first-order chi connectivity index (χ1) is 9.70. The van der Waals surface area contributed by atoms with Gasteiger partial charge in [-0.15, -0.1) is 0 Å². The van der Waals surface area contributed by atoms with Crippen LogP contribution in [0.5, 0.6) is 0 Å². The number of methoxy groups -OCH3 is 1. The molecule has 20 heavy (non-hydrogen) atoms. The lowest BCUT2D eigenvalue weighted by atomic mass is 10.2. The van der Waals surface area contributed by atoms with Crippen molar-refractivity contribution < 1.29 is 9.53 Å². The molecule has 0 atom stereocenters. The van der Waals surface area contributed by atoms with Gasteiger partial charge in [0, 0.05) is 24.9 Å². The normalized spacial score (nSPS) is 10.1. The third-order valence-electron chi connectivity index (χ3n) is 2.90. The standard InChI is InChI=1S/C15H17N3O2/c1-11-13(15(19)20-2)6-7-14(18-11)17-10-8-12-5-3-4-9-16-12/h3-7,9H,8,10H2,1-2H3,(H,17,18). The lowest BCUT2D eigenvalue weighted by Gasteiger charge is -2.08. The Kier molecular flexibility index (Phi) is 4.65. The summed E-state index contributed by atoms with van der Waals surface area (Å²) in [4.78, 5) is 20.0. The molecule has 0 saturated heterocycles. The predicted molar refractivity (Wildman–Crippen MR) is 76.7 cm³/mol. The van der Waals surface area contributed by atoms with Gasteiger partial charge in [-0.3, -0.25) is 4.98 Å². The third kappa shape index (κ3) is 3.54. The number of nitrogens with zero attached hydrogens (tertiary/aromatic N) is 2. The highest BCUT2D eigenvalue weighted by atomic mass is 16.5. The molecule has 5 heteroatoms. The first-order valence-electron chi connectivity index (χ1n) is 6.40. The molecule has 5 nitrogen and oxygen atoms in total. The monoisotopic (exact) mass is 271 g/mol. The Labute approximate surface area is 118 Å². The van der Waals surface area contributed by atoms with Gasteiger partial charge in [-0.1, -0.05) is 6.07 Å². The van der Waals surface area contributed by atoms with E-state index in [-0.39, 0.29) is 5.97 Å². The summed E-state index contributed by atoms with van der Waals surface area (Å²) in [6, 6.07) is 9.35. The van der Waals surface area contributed by atoms with Crippen molar-refractivity contribution in [1.82, 2.24) is 9.97 Å². The fraction of sp³-hybridized carbons (Fsp3) is 0.267. The van der Waals surface area contributed by atoms with Gasteiger partial charge in [0.2, 0.25) is 0 Å². The number of hydrogen-bond acceptors (Lipinski definition) is 5. The highest BCUT2D eigenvalue weighted by molar-refractivity contribution is 5.90. The van der Waals surface area contributed by atoms with Gasteiger partial charge in [0.1, 0.15) is 5.82 Å². The minimum atomic E-state index is -0.366. The van der Waals surface area contributed by atoms with Crippen LogP contribution in [-0.2, 0) is 11.2 Å². The SMILES string of the molecule is COC(=O)c1ccc(NCCc2ccccn2)nc1C. The van der Waals surface area contributed by atoms with Gasteiger partial charge in [-0.2, -0.15) is 0 Å². The van der Waals surface area contributed by atoms with Gasteiger partial charge in [0.15, 0.2) is 0 Å². The Morgan fingerprint density at radius 3 is 2.80 bits per heavy atom. The van der Waals surface area contributed by atoms with E-state index in [1.54, 1.807) is 25.3 Å². The highest BCUT2D eigenvalue weighted by Crippen LogP contribution is 2.11. The fourth-order valence-corrected chi connectivity index (χ4v) is 1.85. The zero-order valence-electron chi connectivity index (χ0n) is 11.6. The van der Waals surface area contributed by atoms with Crippen molar-refractivity contribution in [3.05, 3.63) is 53.5 Å². The molecule has 104 valence electrons. The lowest BCUT2D eigenvalue weighted by Crippen LogP contribution is -2.10. The molecule has 2 heterocycles. The summed E-state index contributed by atoms with van der Waals surface area (Å²) in [6.45, 7) is 2.53. The number of nitrogens with one attached hydrogen (secondary N) is 1. The second-order valence-corrected chi connectivity index (χ2v) is 4.32. The molecule has 0 saturated carbocycles.